The Morgan fingerprint density at radius 3 is 2.56 bits per heavy atom. The number of primary amides is 1. The number of halogens is 3. The second-order valence-corrected chi connectivity index (χ2v) is 6.01. The van der Waals surface area contributed by atoms with Crippen LogP contribution in [0.15, 0.2) is 30.7 Å². The zero-order valence-electron chi connectivity index (χ0n) is 13.5. The molecule has 1 amide bonds. The van der Waals surface area contributed by atoms with Gasteiger partial charge < -0.3 is 15.6 Å². The average Bonchev–Trinajstić information content (AvgIpc) is 2.93. The number of alkyl halides is 3. The van der Waals surface area contributed by atoms with Crippen LogP contribution in [0.2, 0.25) is 0 Å². The van der Waals surface area contributed by atoms with E-state index < -0.39 is 30.3 Å². The summed E-state index contributed by atoms with van der Waals surface area (Å²) in [6, 6.07) is 2.84. The van der Waals surface area contributed by atoms with E-state index in [4.69, 9.17) is 5.73 Å². The Kier molecular flexibility index (Phi) is 5.02. The molecule has 7 nitrogen and oxygen atoms in total. The third-order valence-electron chi connectivity index (χ3n) is 3.66. The van der Waals surface area contributed by atoms with Crippen molar-refractivity contribution < 1.29 is 27.8 Å². The summed E-state index contributed by atoms with van der Waals surface area (Å²) in [5, 5.41) is 14.2. The molecule has 1 atom stereocenters. The summed E-state index contributed by atoms with van der Waals surface area (Å²) in [6.45, 7) is 2.10. The molecule has 1 unspecified atom stereocenters. The molecule has 2 aromatic rings. The van der Waals surface area contributed by atoms with Gasteiger partial charge in [0.1, 0.15) is 12.6 Å². The zero-order valence-corrected chi connectivity index (χ0v) is 13.5. The smallest absolute Gasteiger partial charge is 0.409 e. The fourth-order valence-electron chi connectivity index (χ4n) is 2.22. The number of ether oxygens (including phenoxy) is 1. The maximum atomic E-state index is 12.4. The molecule has 0 aliphatic carbocycles. The van der Waals surface area contributed by atoms with Crippen molar-refractivity contribution in [1.82, 2.24) is 14.8 Å². The van der Waals surface area contributed by atoms with Crippen molar-refractivity contribution in [2.75, 3.05) is 0 Å². The van der Waals surface area contributed by atoms with Gasteiger partial charge in [-0.3, -0.25) is 9.67 Å². The monoisotopic (exact) mass is 358 g/mol. The summed E-state index contributed by atoms with van der Waals surface area (Å²) >= 11 is 0. The first kappa shape index (κ1) is 18.7. The molecular formula is C15H17F3N4O3. The van der Waals surface area contributed by atoms with E-state index in [2.05, 4.69) is 14.8 Å². The highest BCUT2D eigenvalue weighted by Gasteiger charge is 2.35. The lowest BCUT2D eigenvalue weighted by Crippen LogP contribution is -2.27. The van der Waals surface area contributed by atoms with Gasteiger partial charge in [0.25, 0.3) is 0 Å². The SMILES string of the molecule is CC(C)(c1cnn(CC(F)(F)F)c1)C(O)c1ccc(OC(N)=O)cn1. The van der Waals surface area contributed by atoms with Crippen LogP contribution < -0.4 is 10.5 Å². The molecule has 10 heteroatoms. The number of nitrogens with zero attached hydrogens (tertiary/aromatic N) is 3. The van der Waals surface area contributed by atoms with Crippen molar-refractivity contribution >= 4 is 6.09 Å². The van der Waals surface area contributed by atoms with Crippen LogP contribution in [0.4, 0.5) is 18.0 Å². The van der Waals surface area contributed by atoms with Crippen LogP contribution in [0, 0.1) is 0 Å². The number of aliphatic hydroxyl groups excluding tert-OH is 1. The lowest BCUT2D eigenvalue weighted by molar-refractivity contribution is -0.142. The van der Waals surface area contributed by atoms with E-state index in [0.717, 1.165) is 4.68 Å². The van der Waals surface area contributed by atoms with E-state index in [1.54, 1.807) is 13.8 Å². The Morgan fingerprint density at radius 2 is 2.04 bits per heavy atom. The second-order valence-electron chi connectivity index (χ2n) is 6.01. The molecule has 0 aliphatic rings. The molecule has 2 aromatic heterocycles. The Hall–Kier alpha value is -2.62. The minimum absolute atomic E-state index is 0.110. The molecule has 2 rings (SSSR count). The lowest BCUT2D eigenvalue weighted by Gasteiger charge is -2.29. The minimum Gasteiger partial charge on any atom is -0.409 e. The quantitative estimate of drug-likeness (QED) is 0.854. The number of amides is 1. The van der Waals surface area contributed by atoms with E-state index in [9.17, 15) is 23.1 Å². The van der Waals surface area contributed by atoms with E-state index >= 15 is 0 Å². The molecule has 0 saturated heterocycles. The standard InChI is InChI=1S/C15H17F3N4O3/c1-14(2,9-5-21-22(7-9)8-15(16,17)18)12(23)11-4-3-10(6-20-11)25-13(19)24/h3-7,12,23H,8H2,1-2H3,(H2,19,24). The van der Waals surface area contributed by atoms with Crippen molar-refractivity contribution in [3.05, 3.63) is 42.0 Å². The fraction of sp³-hybridized carbons (Fsp3) is 0.400. The maximum absolute atomic E-state index is 12.4. The summed E-state index contributed by atoms with van der Waals surface area (Å²) in [4.78, 5) is 14.7. The Labute approximate surface area is 141 Å². The predicted octanol–water partition coefficient (Wildman–Crippen LogP) is 2.31. The first-order valence-corrected chi connectivity index (χ1v) is 7.20. The summed E-state index contributed by atoms with van der Waals surface area (Å²) < 4.78 is 42.7. The van der Waals surface area contributed by atoms with Crippen LogP contribution in [0.1, 0.15) is 31.2 Å². The number of aliphatic hydroxyl groups is 1. The zero-order chi connectivity index (χ0) is 18.8. The normalized spacial score (nSPS) is 13.5. The van der Waals surface area contributed by atoms with Gasteiger partial charge in [0.2, 0.25) is 0 Å². The van der Waals surface area contributed by atoms with Crippen LogP contribution in [0.25, 0.3) is 0 Å². The summed E-state index contributed by atoms with van der Waals surface area (Å²) in [6.07, 6.45) is -2.77. The van der Waals surface area contributed by atoms with Crippen molar-refractivity contribution in [3.8, 4) is 5.75 Å². The van der Waals surface area contributed by atoms with Gasteiger partial charge in [0.05, 0.1) is 18.1 Å². The number of rotatable bonds is 5. The summed E-state index contributed by atoms with van der Waals surface area (Å²) in [7, 11) is 0. The Balaban J connectivity index is 2.19. The van der Waals surface area contributed by atoms with E-state index in [-0.39, 0.29) is 11.4 Å². The Bertz CT molecular complexity index is 741. The van der Waals surface area contributed by atoms with E-state index in [1.807, 2.05) is 0 Å². The van der Waals surface area contributed by atoms with Gasteiger partial charge >= 0.3 is 12.3 Å². The molecule has 2 heterocycles. The predicted molar refractivity (Wildman–Crippen MR) is 80.7 cm³/mol. The van der Waals surface area contributed by atoms with Crippen LogP contribution >= 0.6 is 0 Å². The highest BCUT2D eigenvalue weighted by Crippen LogP contribution is 2.36. The van der Waals surface area contributed by atoms with Crippen LogP contribution in [-0.4, -0.2) is 32.1 Å². The van der Waals surface area contributed by atoms with Crippen LogP contribution in [0.3, 0.4) is 0 Å². The van der Waals surface area contributed by atoms with Crippen LogP contribution in [-0.2, 0) is 12.0 Å². The highest BCUT2D eigenvalue weighted by molar-refractivity contribution is 5.67. The molecule has 25 heavy (non-hydrogen) atoms. The maximum Gasteiger partial charge on any atom is 0.410 e. The van der Waals surface area contributed by atoms with Gasteiger partial charge in [-0.25, -0.2) is 4.79 Å². The molecule has 0 aliphatic heterocycles. The van der Waals surface area contributed by atoms with Crippen molar-refractivity contribution in [1.29, 1.82) is 0 Å². The van der Waals surface area contributed by atoms with Gasteiger partial charge in [0.15, 0.2) is 5.75 Å². The number of hydrogen-bond acceptors (Lipinski definition) is 5. The summed E-state index contributed by atoms with van der Waals surface area (Å²) in [5.41, 5.74) is 4.61. The first-order valence-electron chi connectivity index (χ1n) is 7.20. The van der Waals surface area contributed by atoms with Crippen molar-refractivity contribution in [2.24, 2.45) is 5.73 Å². The number of hydrogen-bond donors (Lipinski definition) is 2. The molecule has 0 bridgehead atoms. The molecule has 136 valence electrons. The number of aromatic nitrogens is 3. The molecule has 3 N–H and O–H groups in total. The highest BCUT2D eigenvalue weighted by atomic mass is 19.4. The van der Waals surface area contributed by atoms with Crippen LogP contribution in [0.5, 0.6) is 5.75 Å². The van der Waals surface area contributed by atoms with Gasteiger partial charge in [-0.2, -0.15) is 18.3 Å². The first-order chi connectivity index (χ1) is 11.5. The third-order valence-corrected chi connectivity index (χ3v) is 3.66. The number of carbonyl (C=O) groups excluding carboxylic acids is 1. The van der Waals surface area contributed by atoms with Crippen molar-refractivity contribution in [2.45, 2.75) is 38.1 Å². The number of nitrogens with two attached hydrogens (primary N) is 1. The minimum atomic E-state index is -4.39. The molecule has 0 aromatic carbocycles. The average molecular weight is 358 g/mol. The molecule has 0 radical (unpaired) electrons. The Morgan fingerprint density at radius 1 is 1.36 bits per heavy atom. The largest absolute Gasteiger partial charge is 0.410 e. The lowest BCUT2D eigenvalue weighted by atomic mass is 9.79. The molecule has 0 saturated carbocycles. The topological polar surface area (TPSA) is 103 Å². The number of pyridine rings is 1. The summed E-state index contributed by atoms with van der Waals surface area (Å²) in [5.74, 6) is 0.110. The number of carbonyl (C=O) groups is 1. The molecule has 0 spiro atoms. The van der Waals surface area contributed by atoms with Gasteiger partial charge in [-0.15, -0.1) is 0 Å². The second kappa shape index (κ2) is 6.71. The van der Waals surface area contributed by atoms with E-state index in [1.165, 1.54) is 30.7 Å². The van der Waals surface area contributed by atoms with Crippen molar-refractivity contribution in [3.63, 3.8) is 0 Å². The molecule has 0 fully saturated rings. The molecular weight excluding hydrogens is 341 g/mol. The van der Waals surface area contributed by atoms with Gasteiger partial charge in [-0.1, -0.05) is 13.8 Å². The van der Waals surface area contributed by atoms with Gasteiger partial charge in [0, 0.05) is 11.6 Å². The van der Waals surface area contributed by atoms with E-state index in [0.29, 0.717) is 5.56 Å². The fourth-order valence-corrected chi connectivity index (χ4v) is 2.22. The third kappa shape index (κ3) is 4.69. The van der Waals surface area contributed by atoms with Gasteiger partial charge in [-0.05, 0) is 17.7 Å².